The second-order valence-corrected chi connectivity index (χ2v) is 4.51. The van der Waals surface area contributed by atoms with E-state index in [1.807, 2.05) is 18.2 Å². The molecule has 0 aromatic heterocycles. The Morgan fingerprint density at radius 1 is 1.44 bits per heavy atom. The van der Waals surface area contributed by atoms with Gasteiger partial charge in [-0.25, -0.2) is 5.43 Å². The molecule has 1 N–H and O–H groups in total. The van der Waals surface area contributed by atoms with E-state index in [4.69, 9.17) is 0 Å². The fraction of sp³-hybridized carbons (Fsp3) is 0.455. The Morgan fingerprint density at radius 3 is 2.75 bits per heavy atom. The van der Waals surface area contributed by atoms with Crippen LogP contribution in [0.15, 0.2) is 30.3 Å². The summed E-state index contributed by atoms with van der Waals surface area (Å²) in [5.74, 6) is 0. The Morgan fingerprint density at radius 2 is 2.12 bits per heavy atom. The Bertz CT molecular complexity index is 287. The Kier molecular flexibility index (Phi) is 6.40. The molecule has 1 atom stereocenters. The minimum atomic E-state index is 0.271. The van der Waals surface area contributed by atoms with Gasteiger partial charge in [-0.05, 0) is 29.9 Å². The molecule has 5 heteroatoms. The second kappa shape index (κ2) is 7.62. The van der Waals surface area contributed by atoms with Gasteiger partial charge in [-0.1, -0.05) is 30.3 Å². The van der Waals surface area contributed by atoms with Crippen LogP contribution in [0, 0.1) is 0 Å². The predicted molar refractivity (Wildman–Crippen MR) is 64.9 cm³/mol. The molecule has 90 valence electrons. The van der Waals surface area contributed by atoms with Crippen molar-refractivity contribution in [2.45, 2.75) is 25.8 Å². The summed E-state index contributed by atoms with van der Waals surface area (Å²) in [5, 5.41) is 0. The minimum absolute atomic E-state index is 0.271. The van der Waals surface area contributed by atoms with Crippen molar-refractivity contribution >= 4 is 12.2 Å². The zero-order valence-corrected chi connectivity index (χ0v) is 10.3. The average molecular weight is 244 g/mol. The van der Waals surface area contributed by atoms with Crippen LogP contribution in [0.5, 0.6) is 0 Å². The topological polar surface area (TPSA) is 24.5 Å². The number of halogens is 1. The fourth-order valence-corrected chi connectivity index (χ4v) is 1.77. The summed E-state index contributed by atoms with van der Waals surface area (Å²) < 4.78 is 16.5. The summed E-state index contributed by atoms with van der Waals surface area (Å²) in [6.45, 7) is 2.05. The van der Waals surface area contributed by atoms with Gasteiger partial charge in [0.2, 0.25) is 0 Å². The van der Waals surface area contributed by atoms with E-state index in [0.717, 1.165) is 12.8 Å². The summed E-state index contributed by atoms with van der Waals surface area (Å²) in [5.41, 5.74) is 4.40. The zero-order valence-electron chi connectivity index (χ0n) is 9.52. The molecule has 0 saturated heterocycles. The highest BCUT2D eigenvalue weighted by molar-refractivity contribution is 7.92. The molecular weight excluding hydrogens is 227 g/mol. The lowest BCUT2D eigenvalue weighted by Crippen LogP contribution is -2.36. The van der Waals surface area contributed by atoms with Gasteiger partial charge in [0.25, 0.3) is 0 Å². The van der Waals surface area contributed by atoms with Crippen molar-refractivity contribution in [1.29, 1.82) is 0 Å². The molecule has 1 aromatic rings. The van der Waals surface area contributed by atoms with Crippen molar-refractivity contribution in [3.63, 3.8) is 0 Å². The number of benzene rings is 1. The van der Waals surface area contributed by atoms with Crippen molar-refractivity contribution in [3.05, 3.63) is 35.9 Å². The maximum atomic E-state index is 11.5. The largest absolute Gasteiger partial charge is 0.241 e. The van der Waals surface area contributed by atoms with Crippen LogP contribution in [0.3, 0.4) is 0 Å². The first-order valence-electron chi connectivity index (χ1n) is 5.21. The third kappa shape index (κ3) is 5.46. The highest BCUT2D eigenvalue weighted by Crippen LogP contribution is 2.09. The van der Waals surface area contributed by atoms with Crippen molar-refractivity contribution in [2.24, 2.45) is 0 Å². The van der Waals surface area contributed by atoms with Crippen LogP contribution in [-0.2, 0) is 10.8 Å². The molecule has 0 saturated carbocycles. The third-order valence-electron chi connectivity index (χ3n) is 2.25. The minimum Gasteiger partial charge on any atom is -0.241 e. The monoisotopic (exact) mass is 244 g/mol. The number of hydrazine groups is 1. The van der Waals surface area contributed by atoms with Gasteiger partial charge in [0.1, 0.15) is 12.2 Å². The smallest absolute Gasteiger partial charge is 0.141 e. The van der Waals surface area contributed by atoms with E-state index in [-0.39, 0.29) is 6.04 Å². The molecule has 3 nitrogen and oxygen atoms in total. The van der Waals surface area contributed by atoms with Gasteiger partial charge in [-0.2, -0.15) is 4.41 Å². The maximum absolute atomic E-state index is 11.5. The number of nitrogens with zero attached hydrogens (tertiary/aromatic N) is 1. The van der Waals surface area contributed by atoms with Gasteiger partial charge in [0.15, 0.2) is 0 Å². The van der Waals surface area contributed by atoms with E-state index in [2.05, 4.69) is 28.9 Å². The fourth-order valence-electron chi connectivity index (χ4n) is 1.47. The molecule has 0 bridgehead atoms. The molecule has 0 radical (unpaired) electrons. The summed E-state index contributed by atoms with van der Waals surface area (Å²) >= 11 is 0.637. The van der Waals surface area contributed by atoms with Crippen LogP contribution >= 0.6 is 12.2 Å². The van der Waals surface area contributed by atoms with E-state index in [9.17, 15) is 4.53 Å². The van der Waals surface area contributed by atoms with Crippen LogP contribution in [0.2, 0.25) is 0 Å². The molecule has 16 heavy (non-hydrogen) atoms. The second-order valence-electron chi connectivity index (χ2n) is 3.69. The van der Waals surface area contributed by atoms with Crippen LogP contribution in [-0.4, -0.2) is 17.5 Å². The maximum Gasteiger partial charge on any atom is 0.141 e. The van der Waals surface area contributed by atoms with Crippen LogP contribution in [0.1, 0.15) is 18.9 Å². The quantitative estimate of drug-likeness (QED) is 0.453. The first-order chi connectivity index (χ1) is 7.72. The number of hydrogen-bond acceptors (Lipinski definition) is 4. The summed E-state index contributed by atoms with van der Waals surface area (Å²) in [4.78, 5) is 0. The molecule has 1 rings (SSSR count). The van der Waals surface area contributed by atoms with E-state index in [1.54, 1.807) is 7.05 Å². The lowest BCUT2D eigenvalue weighted by atomic mass is 10.1. The summed E-state index contributed by atoms with van der Waals surface area (Å²) in [6.07, 6.45) is 1.99. The van der Waals surface area contributed by atoms with Gasteiger partial charge >= 0.3 is 0 Å². The van der Waals surface area contributed by atoms with Crippen molar-refractivity contribution in [1.82, 2.24) is 9.84 Å². The van der Waals surface area contributed by atoms with E-state index in [1.165, 1.54) is 9.98 Å². The van der Waals surface area contributed by atoms with Crippen molar-refractivity contribution < 1.29 is 8.91 Å². The molecule has 0 fully saturated rings. The average Bonchev–Trinajstić information content (AvgIpc) is 2.28. The Balaban J connectivity index is 2.22. The van der Waals surface area contributed by atoms with Gasteiger partial charge in [-0.3, -0.25) is 0 Å². The van der Waals surface area contributed by atoms with Gasteiger partial charge < -0.3 is 0 Å². The number of aryl methyl sites for hydroxylation is 1. The lowest BCUT2D eigenvalue weighted by Gasteiger charge is -2.19. The molecule has 1 unspecified atom stereocenters. The van der Waals surface area contributed by atoms with Crippen molar-refractivity contribution in [2.75, 3.05) is 7.05 Å². The highest BCUT2D eigenvalue weighted by Gasteiger charge is 2.06. The molecular formula is C11H17FN2OS. The van der Waals surface area contributed by atoms with E-state index < -0.39 is 0 Å². The summed E-state index contributed by atoms with van der Waals surface area (Å²) in [6, 6.07) is 10.6. The van der Waals surface area contributed by atoms with E-state index in [0.29, 0.717) is 12.2 Å². The van der Waals surface area contributed by atoms with E-state index >= 15 is 0 Å². The molecule has 0 heterocycles. The first kappa shape index (κ1) is 13.4. The zero-order chi connectivity index (χ0) is 11.8. The van der Waals surface area contributed by atoms with Crippen LogP contribution in [0.25, 0.3) is 0 Å². The number of hydrogen-bond donors (Lipinski definition) is 1. The third-order valence-corrected chi connectivity index (χ3v) is 2.64. The molecule has 0 aliphatic rings. The first-order valence-corrected chi connectivity index (χ1v) is 5.91. The number of nitrogens with one attached hydrogen (secondary N) is 1. The summed E-state index contributed by atoms with van der Waals surface area (Å²) in [7, 11) is 1.71. The lowest BCUT2D eigenvalue weighted by molar-refractivity contribution is 0.0144. The molecule has 0 aliphatic carbocycles. The van der Waals surface area contributed by atoms with Crippen molar-refractivity contribution in [3.8, 4) is 0 Å². The van der Waals surface area contributed by atoms with Gasteiger partial charge in [0.05, 0.1) is 0 Å². The highest BCUT2D eigenvalue weighted by atomic mass is 32.2. The van der Waals surface area contributed by atoms with Gasteiger partial charge in [-0.15, -0.1) is 4.39 Å². The predicted octanol–water partition coefficient (Wildman–Crippen LogP) is 2.91. The molecule has 0 amide bonds. The normalized spacial score (nSPS) is 13.0. The molecule has 0 spiro atoms. The SMILES string of the molecule is CC(CCc1ccccc1)NN(C)SOF. The van der Waals surface area contributed by atoms with Crippen LogP contribution < -0.4 is 5.43 Å². The Hall–Kier alpha value is -0.620. The molecule has 1 aromatic carbocycles. The van der Waals surface area contributed by atoms with Crippen LogP contribution in [0.4, 0.5) is 4.53 Å². The standard InChI is InChI=1S/C11H17FN2OS/c1-10(13-14(2)16-15-12)8-9-11-6-4-3-5-7-11/h3-7,10,13H,8-9H2,1-2H3. The Labute approximate surface area is 100 Å². The number of rotatable bonds is 7. The van der Waals surface area contributed by atoms with Gasteiger partial charge in [0, 0.05) is 13.1 Å². The molecule has 0 aliphatic heterocycles.